The number of nitrogens with one attached hydrogen (secondary N) is 1. The smallest absolute Gasteiger partial charge is 0.342 e. The molecule has 0 saturated heterocycles. The molecule has 0 aliphatic rings. The monoisotopic (exact) mass is 292 g/mol. The number of esters is 1. The molecule has 1 amide bonds. The number of aryl methyl sites for hydroxylation is 3. The molecule has 0 spiro atoms. The number of nitrogens with zero attached hydrogens (tertiary/aromatic N) is 1. The van der Waals surface area contributed by atoms with E-state index in [0.717, 1.165) is 0 Å². The van der Waals surface area contributed by atoms with Crippen molar-refractivity contribution < 1.29 is 23.3 Å². The number of furan rings is 1. The van der Waals surface area contributed by atoms with Crippen LogP contribution in [-0.2, 0) is 9.53 Å². The lowest BCUT2D eigenvalue weighted by molar-refractivity contribution is -0.119. The summed E-state index contributed by atoms with van der Waals surface area (Å²) in [5.41, 5.74) is 1.71. The number of hydrogen-bond donors (Lipinski definition) is 1. The van der Waals surface area contributed by atoms with E-state index in [-0.39, 0.29) is 5.88 Å². The predicted molar refractivity (Wildman–Crippen MR) is 73.1 cm³/mol. The predicted octanol–water partition coefficient (Wildman–Crippen LogP) is 2.30. The topological polar surface area (TPSA) is 94.6 Å². The van der Waals surface area contributed by atoms with Gasteiger partial charge in [0.1, 0.15) is 17.1 Å². The highest BCUT2D eigenvalue weighted by molar-refractivity contribution is 5.96. The molecule has 0 aliphatic carbocycles. The zero-order valence-corrected chi connectivity index (χ0v) is 12.3. The van der Waals surface area contributed by atoms with Crippen LogP contribution in [0.5, 0.6) is 0 Å². The molecular weight excluding hydrogens is 276 g/mol. The molecule has 2 rings (SSSR count). The summed E-state index contributed by atoms with van der Waals surface area (Å²) in [5, 5.41) is 6.06. The summed E-state index contributed by atoms with van der Waals surface area (Å²) in [7, 11) is 0. The molecule has 0 radical (unpaired) electrons. The molecule has 0 aromatic carbocycles. The Morgan fingerprint density at radius 3 is 2.48 bits per heavy atom. The van der Waals surface area contributed by atoms with Crippen LogP contribution in [0.3, 0.4) is 0 Å². The normalized spacial score (nSPS) is 10.5. The number of hydrogen-bond acceptors (Lipinski definition) is 6. The zero-order chi connectivity index (χ0) is 15.6. The molecule has 21 heavy (non-hydrogen) atoms. The van der Waals surface area contributed by atoms with Gasteiger partial charge in [0.05, 0.1) is 5.69 Å². The highest BCUT2D eigenvalue weighted by Gasteiger charge is 2.20. The number of carbonyl (C=O) groups excluding carboxylic acids is 2. The largest absolute Gasteiger partial charge is 0.465 e. The van der Waals surface area contributed by atoms with Gasteiger partial charge in [-0.25, -0.2) is 4.79 Å². The van der Waals surface area contributed by atoms with E-state index >= 15 is 0 Å². The summed E-state index contributed by atoms with van der Waals surface area (Å²) in [6.07, 6.45) is 0. The van der Waals surface area contributed by atoms with E-state index in [1.165, 1.54) is 0 Å². The Balaban J connectivity index is 1.93. The van der Waals surface area contributed by atoms with Gasteiger partial charge in [0.2, 0.25) is 5.88 Å². The van der Waals surface area contributed by atoms with E-state index in [1.54, 1.807) is 33.8 Å². The molecule has 2 aromatic heterocycles. The average Bonchev–Trinajstić information content (AvgIpc) is 2.91. The maximum atomic E-state index is 12.0. The Labute approximate surface area is 121 Å². The summed E-state index contributed by atoms with van der Waals surface area (Å²) in [6.45, 7) is 6.51. The summed E-state index contributed by atoms with van der Waals surface area (Å²) in [5.74, 6) is 0.239. The minimum atomic E-state index is -0.592. The molecule has 112 valence electrons. The Morgan fingerprint density at radius 2 is 1.95 bits per heavy atom. The minimum Gasteiger partial charge on any atom is -0.465 e. The number of amides is 1. The maximum absolute atomic E-state index is 12.0. The van der Waals surface area contributed by atoms with Gasteiger partial charge in [-0.3, -0.25) is 10.1 Å². The lowest BCUT2D eigenvalue weighted by Gasteiger charge is -2.04. The van der Waals surface area contributed by atoms with Crippen LogP contribution in [0.15, 0.2) is 15.0 Å². The van der Waals surface area contributed by atoms with Gasteiger partial charge in [0, 0.05) is 11.6 Å². The van der Waals surface area contributed by atoms with E-state index < -0.39 is 18.5 Å². The summed E-state index contributed by atoms with van der Waals surface area (Å²) in [4.78, 5) is 23.6. The van der Waals surface area contributed by atoms with E-state index in [2.05, 4.69) is 10.5 Å². The Bertz CT molecular complexity index is 684. The highest BCUT2D eigenvalue weighted by atomic mass is 16.5. The fourth-order valence-corrected chi connectivity index (χ4v) is 1.89. The van der Waals surface area contributed by atoms with Gasteiger partial charge in [-0.05, 0) is 27.7 Å². The Hall–Kier alpha value is -2.57. The van der Waals surface area contributed by atoms with Crippen molar-refractivity contribution in [3.8, 4) is 0 Å². The number of aromatic nitrogens is 1. The third kappa shape index (κ3) is 3.31. The number of anilines is 1. The molecule has 0 saturated carbocycles. The molecular formula is C14H16N2O5. The van der Waals surface area contributed by atoms with Crippen molar-refractivity contribution in [3.63, 3.8) is 0 Å². The van der Waals surface area contributed by atoms with Gasteiger partial charge < -0.3 is 13.7 Å². The van der Waals surface area contributed by atoms with Gasteiger partial charge in [-0.15, -0.1) is 0 Å². The molecule has 7 nitrogen and oxygen atoms in total. The van der Waals surface area contributed by atoms with E-state index in [4.69, 9.17) is 13.7 Å². The molecule has 2 heterocycles. The lowest BCUT2D eigenvalue weighted by atomic mass is 10.1. The number of rotatable bonds is 4. The second kappa shape index (κ2) is 5.82. The lowest BCUT2D eigenvalue weighted by Crippen LogP contribution is -2.21. The van der Waals surface area contributed by atoms with E-state index in [1.807, 2.05) is 0 Å². The van der Waals surface area contributed by atoms with Crippen LogP contribution in [0.4, 0.5) is 5.88 Å². The van der Waals surface area contributed by atoms with E-state index in [9.17, 15) is 9.59 Å². The van der Waals surface area contributed by atoms with Crippen molar-refractivity contribution >= 4 is 17.8 Å². The van der Waals surface area contributed by atoms with Gasteiger partial charge in [-0.1, -0.05) is 5.16 Å². The SMILES string of the molecule is Cc1cc(NC(=O)COC(=O)c2c(C)oc(C)c2C)on1. The second-order valence-corrected chi connectivity index (χ2v) is 4.67. The first-order valence-corrected chi connectivity index (χ1v) is 6.35. The van der Waals surface area contributed by atoms with Crippen molar-refractivity contribution in [1.29, 1.82) is 0 Å². The highest BCUT2D eigenvalue weighted by Crippen LogP contribution is 2.21. The fraction of sp³-hybridized carbons (Fsp3) is 0.357. The van der Waals surface area contributed by atoms with Gasteiger partial charge in [-0.2, -0.15) is 0 Å². The van der Waals surface area contributed by atoms with Crippen LogP contribution in [-0.4, -0.2) is 23.6 Å². The third-order valence-corrected chi connectivity index (χ3v) is 2.99. The summed E-state index contributed by atoms with van der Waals surface area (Å²) in [6, 6.07) is 1.56. The molecule has 2 aromatic rings. The average molecular weight is 292 g/mol. The van der Waals surface area contributed by atoms with Crippen LogP contribution in [0.1, 0.15) is 33.1 Å². The quantitative estimate of drug-likeness (QED) is 0.869. The van der Waals surface area contributed by atoms with Crippen molar-refractivity contribution in [2.45, 2.75) is 27.7 Å². The van der Waals surface area contributed by atoms with Crippen LogP contribution in [0.2, 0.25) is 0 Å². The van der Waals surface area contributed by atoms with Crippen molar-refractivity contribution in [3.05, 3.63) is 34.4 Å². The summed E-state index contributed by atoms with van der Waals surface area (Å²) >= 11 is 0. The van der Waals surface area contributed by atoms with E-state index in [0.29, 0.717) is 28.3 Å². The minimum absolute atomic E-state index is 0.208. The van der Waals surface area contributed by atoms with Gasteiger partial charge in [0.15, 0.2) is 6.61 Å². The Kier molecular flexibility index (Phi) is 4.11. The first-order chi connectivity index (χ1) is 9.88. The van der Waals surface area contributed by atoms with Crippen molar-refractivity contribution in [2.75, 3.05) is 11.9 Å². The Morgan fingerprint density at radius 1 is 1.24 bits per heavy atom. The standard InChI is InChI=1S/C14H16N2O5/c1-7-5-12(21-16-7)15-11(17)6-19-14(18)13-8(2)9(3)20-10(13)4/h5H,6H2,1-4H3,(H,15,17). The molecule has 0 atom stereocenters. The summed E-state index contributed by atoms with van der Waals surface area (Å²) < 4.78 is 15.1. The molecule has 1 N–H and O–H groups in total. The van der Waals surface area contributed by atoms with Crippen LogP contribution < -0.4 is 5.32 Å². The molecule has 0 bridgehead atoms. The number of ether oxygens (including phenoxy) is 1. The molecule has 0 unspecified atom stereocenters. The maximum Gasteiger partial charge on any atom is 0.342 e. The van der Waals surface area contributed by atoms with Crippen LogP contribution in [0, 0.1) is 27.7 Å². The molecule has 0 fully saturated rings. The fourth-order valence-electron chi connectivity index (χ4n) is 1.89. The van der Waals surface area contributed by atoms with Gasteiger partial charge >= 0.3 is 5.97 Å². The van der Waals surface area contributed by atoms with Crippen molar-refractivity contribution in [1.82, 2.24) is 5.16 Å². The first kappa shape index (κ1) is 14.8. The zero-order valence-electron chi connectivity index (χ0n) is 12.3. The van der Waals surface area contributed by atoms with Gasteiger partial charge in [0.25, 0.3) is 5.91 Å². The third-order valence-electron chi connectivity index (χ3n) is 2.99. The van der Waals surface area contributed by atoms with Crippen LogP contribution in [0.25, 0.3) is 0 Å². The van der Waals surface area contributed by atoms with Crippen LogP contribution >= 0.6 is 0 Å². The molecule has 0 aliphatic heterocycles. The molecule has 7 heteroatoms. The second-order valence-electron chi connectivity index (χ2n) is 4.67. The van der Waals surface area contributed by atoms with Crippen molar-refractivity contribution in [2.24, 2.45) is 0 Å². The number of carbonyl (C=O) groups is 2. The first-order valence-electron chi connectivity index (χ1n) is 6.35.